The lowest BCUT2D eigenvalue weighted by Crippen LogP contribution is -2.37. The Bertz CT molecular complexity index is 1020. The molecule has 6 heteroatoms. The van der Waals surface area contributed by atoms with Crippen LogP contribution in [0.2, 0.25) is 0 Å². The van der Waals surface area contributed by atoms with E-state index in [0.29, 0.717) is 0 Å². The summed E-state index contributed by atoms with van der Waals surface area (Å²) in [6.07, 6.45) is 4.62. The number of H-pyrrole nitrogens is 1. The van der Waals surface area contributed by atoms with Crippen LogP contribution in [-0.4, -0.2) is 39.7 Å². The first-order valence-electron chi connectivity index (χ1n) is 9.97. The van der Waals surface area contributed by atoms with Crippen molar-refractivity contribution < 1.29 is 9.53 Å². The molecular weight excluding hydrogens is 382 g/mol. The Kier molecular flexibility index (Phi) is 4.79. The van der Waals surface area contributed by atoms with Gasteiger partial charge in [0.2, 0.25) is 5.91 Å². The summed E-state index contributed by atoms with van der Waals surface area (Å²) in [5.74, 6) is 1.91. The van der Waals surface area contributed by atoms with Crippen LogP contribution in [0.5, 0.6) is 5.75 Å². The molecule has 0 radical (unpaired) electrons. The number of aromatic nitrogens is 2. The Morgan fingerprint density at radius 3 is 3.00 bits per heavy atom. The second-order valence-corrected chi connectivity index (χ2v) is 8.77. The Morgan fingerprint density at radius 1 is 1.24 bits per heavy atom. The second-order valence-electron chi connectivity index (χ2n) is 7.52. The zero-order chi connectivity index (χ0) is 19.8. The molecule has 0 aliphatic carbocycles. The molecule has 0 bridgehead atoms. The van der Waals surface area contributed by atoms with Crippen molar-refractivity contribution in [3.8, 4) is 17.0 Å². The van der Waals surface area contributed by atoms with Crippen LogP contribution in [0.3, 0.4) is 0 Å². The summed E-state index contributed by atoms with van der Waals surface area (Å²) in [6.45, 7) is 0.798. The van der Waals surface area contributed by atoms with E-state index >= 15 is 0 Å². The molecule has 148 valence electrons. The van der Waals surface area contributed by atoms with Crippen LogP contribution >= 0.6 is 11.8 Å². The van der Waals surface area contributed by atoms with Crippen molar-refractivity contribution in [2.75, 3.05) is 13.7 Å². The summed E-state index contributed by atoms with van der Waals surface area (Å²) >= 11 is 1.70. The van der Waals surface area contributed by atoms with E-state index in [1.807, 2.05) is 47.5 Å². The zero-order valence-electron chi connectivity index (χ0n) is 16.3. The van der Waals surface area contributed by atoms with Crippen molar-refractivity contribution in [2.24, 2.45) is 0 Å². The molecule has 5 rings (SSSR count). The maximum Gasteiger partial charge on any atom is 0.237 e. The van der Waals surface area contributed by atoms with Gasteiger partial charge in [0.15, 0.2) is 0 Å². The van der Waals surface area contributed by atoms with E-state index in [0.717, 1.165) is 48.6 Å². The fourth-order valence-electron chi connectivity index (χ4n) is 4.26. The lowest BCUT2D eigenvalue weighted by Gasteiger charge is -2.25. The van der Waals surface area contributed by atoms with Crippen molar-refractivity contribution in [3.63, 3.8) is 0 Å². The molecule has 0 spiro atoms. The Balaban J connectivity index is 1.35. The number of methoxy groups -OCH3 is 1. The minimum absolute atomic E-state index is 0.0196. The molecule has 1 saturated heterocycles. The van der Waals surface area contributed by atoms with Crippen molar-refractivity contribution in [3.05, 3.63) is 66.1 Å². The average molecular weight is 406 g/mol. The van der Waals surface area contributed by atoms with Crippen molar-refractivity contribution >= 4 is 17.7 Å². The standard InChI is InChI=1S/C23H23N3O2S/c1-28-17-8-4-7-15(12-17)18-14-24-22(25-18)19-9-5-11-26(19)23(27)21-13-16-6-2-3-10-20(16)29-21/h2-4,6-8,10,12,14,19,21H,5,9,11,13H2,1H3,(H,24,25). The molecule has 1 aromatic heterocycles. The van der Waals surface area contributed by atoms with Gasteiger partial charge in [0.05, 0.1) is 30.3 Å². The van der Waals surface area contributed by atoms with E-state index in [9.17, 15) is 4.79 Å². The van der Waals surface area contributed by atoms with Crippen LogP contribution in [0.15, 0.2) is 59.6 Å². The number of aromatic amines is 1. The number of carbonyl (C=O) groups excluding carboxylic acids is 1. The van der Waals surface area contributed by atoms with Gasteiger partial charge in [-0.3, -0.25) is 4.79 Å². The summed E-state index contributed by atoms with van der Waals surface area (Å²) < 4.78 is 5.33. The highest BCUT2D eigenvalue weighted by molar-refractivity contribution is 8.01. The number of amides is 1. The zero-order valence-corrected chi connectivity index (χ0v) is 17.1. The van der Waals surface area contributed by atoms with Crippen LogP contribution < -0.4 is 4.74 Å². The number of rotatable bonds is 4. The lowest BCUT2D eigenvalue weighted by atomic mass is 10.1. The van der Waals surface area contributed by atoms with Gasteiger partial charge in [0.1, 0.15) is 11.6 Å². The summed E-state index contributed by atoms with van der Waals surface area (Å²) in [5, 5.41) is -0.0270. The molecular formula is C23H23N3O2S. The number of nitrogens with one attached hydrogen (secondary N) is 1. The maximum atomic E-state index is 13.3. The number of thioether (sulfide) groups is 1. The Morgan fingerprint density at radius 2 is 2.14 bits per heavy atom. The molecule has 2 aliphatic heterocycles. The van der Waals surface area contributed by atoms with Gasteiger partial charge in [0, 0.05) is 17.0 Å². The highest BCUT2D eigenvalue weighted by Crippen LogP contribution is 2.40. The highest BCUT2D eigenvalue weighted by atomic mass is 32.2. The van der Waals surface area contributed by atoms with Crippen LogP contribution in [-0.2, 0) is 11.2 Å². The van der Waals surface area contributed by atoms with Gasteiger partial charge in [-0.1, -0.05) is 30.3 Å². The third-order valence-electron chi connectivity index (χ3n) is 5.75. The summed E-state index contributed by atoms with van der Waals surface area (Å²) in [4.78, 5) is 24.6. The number of imidazole rings is 1. The molecule has 2 atom stereocenters. The first-order valence-corrected chi connectivity index (χ1v) is 10.9. The fraction of sp³-hybridized carbons (Fsp3) is 0.304. The predicted octanol–water partition coefficient (Wildman–Crippen LogP) is 4.47. The molecule has 29 heavy (non-hydrogen) atoms. The normalized spacial score (nSPS) is 20.7. The number of fused-ring (bicyclic) bond motifs is 1. The summed E-state index contributed by atoms with van der Waals surface area (Å²) in [5.41, 5.74) is 3.26. The molecule has 2 aliphatic rings. The predicted molar refractivity (Wildman–Crippen MR) is 114 cm³/mol. The molecule has 2 aromatic carbocycles. The van der Waals surface area contributed by atoms with E-state index in [1.54, 1.807) is 18.9 Å². The maximum absolute atomic E-state index is 13.3. The Hall–Kier alpha value is -2.73. The van der Waals surface area contributed by atoms with Gasteiger partial charge in [-0.15, -0.1) is 11.8 Å². The van der Waals surface area contributed by atoms with E-state index in [-0.39, 0.29) is 17.2 Å². The molecule has 3 heterocycles. The highest BCUT2D eigenvalue weighted by Gasteiger charge is 2.38. The minimum Gasteiger partial charge on any atom is -0.497 e. The SMILES string of the molecule is COc1cccc(-c2cnc(C3CCCN3C(=O)C3Cc4ccccc4S3)[nH]2)c1. The average Bonchev–Trinajstić information content (AvgIpc) is 3.51. The smallest absolute Gasteiger partial charge is 0.237 e. The lowest BCUT2D eigenvalue weighted by molar-refractivity contribution is -0.131. The number of hydrogen-bond acceptors (Lipinski definition) is 4. The van der Waals surface area contributed by atoms with Crippen LogP contribution in [0.25, 0.3) is 11.3 Å². The van der Waals surface area contributed by atoms with E-state index in [2.05, 4.69) is 22.1 Å². The first-order chi connectivity index (χ1) is 14.2. The third kappa shape index (κ3) is 3.42. The molecule has 0 saturated carbocycles. The van der Waals surface area contributed by atoms with Crippen molar-refractivity contribution in [2.45, 2.75) is 35.4 Å². The fourth-order valence-corrected chi connectivity index (χ4v) is 5.53. The van der Waals surface area contributed by atoms with Gasteiger partial charge in [0.25, 0.3) is 0 Å². The van der Waals surface area contributed by atoms with Gasteiger partial charge in [-0.05, 0) is 43.0 Å². The number of carbonyl (C=O) groups is 1. The van der Waals surface area contributed by atoms with Crippen LogP contribution in [0.4, 0.5) is 0 Å². The number of benzene rings is 2. The number of ether oxygens (including phenoxy) is 1. The molecule has 2 unspecified atom stereocenters. The minimum atomic E-state index is -0.0270. The van der Waals surface area contributed by atoms with Crippen molar-refractivity contribution in [1.82, 2.24) is 14.9 Å². The molecule has 3 aromatic rings. The van der Waals surface area contributed by atoms with Crippen LogP contribution in [0, 0.1) is 0 Å². The molecule has 1 fully saturated rings. The van der Waals surface area contributed by atoms with E-state index in [1.165, 1.54) is 10.5 Å². The quantitative estimate of drug-likeness (QED) is 0.696. The molecule has 5 nitrogen and oxygen atoms in total. The summed E-state index contributed by atoms with van der Waals surface area (Å²) in [6, 6.07) is 16.3. The Labute approximate surface area is 174 Å². The second kappa shape index (κ2) is 7.59. The topological polar surface area (TPSA) is 58.2 Å². The van der Waals surface area contributed by atoms with Gasteiger partial charge >= 0.3 is 0 Å². The third-order valence-corrected chi connectivity index (χ3v) is 7.06. The van der Waals surface area contributed by atoms with Gasteiger partial charge in [-0.2, -0.15) is 0 Å². The monoisotopic (exact) mass is 405 g/mol. The largest absolute Gasteiger partial charge is 0.497 e. The van der Waals surface area contributed by atoms with Gasteiger partial charge < -0.3 is 14.6 Å². The first kappa shape index (κ1) is 18.3. The van der Waals surface area contributed by atoms with Crippen LogP contribution in [0.1, 0.15) is 30.3 Å². The molecule has 1 amide bonds. The summed E-state index contributed by atoms with van der Waals surface area (Å²) in [7, 11) is 1.67. The number of likely N-dealkylation sites (tertiary alicyclic amines) is 1. The number of nitrogens with zero attached hydrogens (tertiary/aromatic N) is 2. The number of hydrogen-bond donors (Lipinski definition) is 1. The van der Waals surface area contributed by atoms with E-state index < -0.39 is 0 Å². The van der Waals surface area contributed by atoms with E-state index in [4.69, 9.17) is 4.74 Å². The van der Waals surface area contributed by atoms with Gasteiger partial charge in [-0.25, -0.2) is 4.98 Å². The molecule has 1 N–H and O–H groups in total. The van der Waals surface area contributed by atoms with Crippen molar-refractivity contribution in [1.29, 1.82) is 0 Å².